The standard InChI is InChI=1S/C27H24FN3O2/c1-30-24-10-7-20(19-4-2-3-17(13-19)15-29)14-23(24)26-22(25(30)16-32)11-12-31(26)27(33)18-5-8-21(28)9-6-18/h2-10,13-14,22,25-26,32H,11-12,16H2,1H3/t22-,25+,26-/m1/s1. The van der Waals surface area contributed by atoms with Gasteiger partial charge in [-0.3, -0.25) is 4.79 Å². The number of anilines is 1. The van der Waals surface area contributed by atoms with Crippen molar-refractivity contribution in [2.24, 2.45) is 5.92 Å². The van der Waals surface area contributed by atoms with Gasteiger partial charge in [-0.2, -0.15) is 5.26 Å². The van der Waals surface area contributed by atoms with E-state index in [-0.39, 0.29) is 36.3 Å². The topological polar surface area (TPSA) is 67.6 Å². The number of rotatable bonds is 3. The van der Waals surface area contributed by atoms with E-state index in [9.17, 15) is 19.6 Å². The maximum atomic E-state index is 13.4. The highest BCUT2D eigenvalue weighted by Crippen LogP contribution is 2.49. The molecule has 1 saturated heterocycles. The third kappa shape index (κ3) is 3.55. The lowest BCUT2D eigenvalue weighted by atomic mass is 9.81. The highest BCUT2D eigenvalue weighted by molar-refractivity contribution is 5.95. The molecule has 5 nitrogen and oxygen atoms in total. The molecule has 3 aromatic carbocycles. The molecule has 0 spiro atoms. The van der Waals surface area contributed by atoms with Gasteiger partial charge in [0.25, 0.3) is 5.91 Å². The van der Waals surface area contributed by atoms with E-state index in [2.05, 4.69) is 17.0 Å². The molecule has 3 aromatic rings. The molecule has 0 radical (unpaired) electrons. The molecule has 2 aliphatic rings. The van der Waals surface area contributed by atoms with E-state index in [1.807, 2.05) is 42.3 Å². The molecule has 1 N–H and O–H groups in total. The smallest absolute Gasteiger partial charge is 0.254 e. The number of nitriles is 1. The number of hydrogen-bond donors (Lipinski definition) is 1. The number of benzene rings is 3. The third-order valence-electron chi connectivity index (χ3n) is 7.03. The minimum atomic E-state index is -0.375. The van der Waals surface area contributed by atoms with E-state index >= 15 is 0 Å². The van der Waals surface area contributed by atoms with Gasteiger partial charge in [0.1, 0.15) is 5.82 Å². The predicted octanol–water partition coefficient (Wildman–Crippen LogP) is 4.38. The van der Waals surface area contributed by atoms with Gasteiger partial charge in [0.2, 0.25) is 0 Å². The van der Waals surface area contributed by atoms with Crippen LogP contribution in [0.1, 0.15) is 33.9 Å². The van der Waals surface area contributed by atoms with Crippen molar-refractivity contribution < 1.29 is 14.3 Å². The minimum Gasteiger partial charge on any atom is -0.394 e. The van der Waals surface area contributed by atoms with Crippen molar-refractivity contribution in [1.82, 2.24) is 4.90 Å². The number of likely N-dealkylation sites (N-methyl/N-ethyl adjacent to an activating group) is 1. The van der Waals surface area contributed by atoms with Crippen LogP contribution in [0.5, 0.6) is 0 Å². The molecule has 6 heteroatoms. The van der Waals surface area contributed by atoms with Gasteiger partial charge >= 0.3 is 0 Å². The monoisotopic (exact) mass is 441 g/mol. The van der Waals surface area contributed by atoms with Crippen LogP contribution in [0.3, 0.4) is 0 Å². The fourth-order valence-corrected chi connectivity index (χ4v) is 5.39. The van der Waals surface area contributed by atoms with Crippen molar-refractivity contribution in [2.75, 3.05) is 25.1 Å². The van der Waals surface area contributed by atoms with Crippen LogP contribution in [-0.4, -0.2) is 42.2 Å². The van der Waals surface area contributed by atoms with Crippen molar-refractivity contribution in [3.8, 4) is 17.2 Å². The van der Waals surface area contributed by atoms with E-state index in [0.717, 1.165) is 28.8 Å². The molecule has 0 saturated carbocycles. The van der Waals surface area contributed by atoms with Gasteiger partial charge in [-0.05, 0) is 71.6 Å². The number of amides is 1. The maximum Gasteiger partial charge on any atom is 0.254 e. The van der Waals surface area contributed by atoms with Gasteiger partial charge in [-0.15, -0.1) is 0 Å². The first-order valence-corrected chi connectivity index (χ1v) is 11.1. The van der Waals surface area contributed by atoms with Crippen LogP contribution < -0.4 is 4.90 Å². The molecule has 2 aliphatic heterocycles. The van der Waals surface area contributed by atoms with Gasteiger partial charge in [0, 0.05) is 30.8 Å². The van der Waals surface area contributed by atoms with Crippen molar-refractivity contribution in [1.29, 1.82) is 5.26 Å². The molecule has 0 aromatic heterocycles. The quantitative estimate of drug-likeness (QED) is 0.655. The highest BCUT2D eigenvalue weighted by Gasteiger charge is 2.47. The lowest BCUT2D eigenvalue weighted by molar-refractivity contribution is 0.0694. The predicted molar refractivity (Wildman–Crippen MR) is 124 cm³/mol. The SMILES string of the molecule is CN1c2ccc(-c3cccc(C#N)c3)cc2[C@H]2[C@H](CCN2C(=O)c2ccc(F)cc2)[C@@H]1CO. The minimum absolute atomic E-state index is 0.00164. The molecule has 3 atom stereocenters. The molecule has 0 unspecified atom stereocenters. The van der Waals surface area contributed by atoms with Crippen molar-refractivity contribution >= 4 is 11.6 Å². The first kappa shape index (κ1) is 21.2. The molecule has 166 valence electrons. The number of aliphatic hydroxyl groups excluding tert-OH is 1. The second-order valence-electron chi connectivity index (χ2n) is 8.73. The van der Waals surface area contributed by atoms with Gasteiger partial charge in [0.05, 0.1) is 30.3 Å². The van der Waals surface area contributed by atoms with Gasteiger partial charge in [-0.25, -0.2) is 4.39 Å². The summed E-state index contributed by atoms with van der Waals surface area (Å²) in [7, 11) is 1.98. The van der Waals surface area contributed by atoms with Gasteiger partial charge < -0.3 is 14.9 Å². The number of carbonyl (C=O) groups excluding carboxylic acids is 1. The normalized spacial score (nSPS) is 21.3. The van der Waals surface area contributed by atoms with E-state index in [0.29, 0.717) is 17.7 Å². The van der Waals surface area contributed by atoms with Crippen LogP contribution in [0, 0.1) is 23.1 Å². The lowest BCUT2D eigenvalue weighted by Gasteiger charge is -2.44. The van der Waals surface area contributed by atoms with Crippen molar-refractivity contribution in [2.45, 2.75) is 18.5 Å². The number of halogens is 1. The van der Waals surface area contributed by atoms with E-state index in [4.69, 9.17) is 0 Å². The van der Waals surface area contributed by atoms with Crippen LogP contribution in [0.2, 0.25) is 0 Å². The average molecular weight is 442 g/mol. The number of aliphatic hydroxyl groups is 1. The zero-order valence-corrected chi connectivity index (χ0v) is 18.3. The second kappa shape index (κ2) is 8.34. The third-order valence-corrected chi connectivity index (χ3v) is 7.03. The summed E-state index contributed by atoms with van der Waals surface area (Å²) in [6.07, 6.45) is 0.779. The van der Waals surface area contributed by atoms with Crippen molar-refractivity contribution in [3.05, 3.63) is 89.2 Å². The molecule has 0 bridgehead atoms. The maximum absolute atomic E-state index is 13.4. The van der Waals surface area contributed by atoms with E-state index < -0.39 is 0 Å². The molecule has 1 fully saturated rings. The summed E-state index contributed by atoms with van der Waals surface area (Å²) in [5.74, 6) is -0.427. The average Bonchev–Trinajstić information content (AvgIpc) is 3.29. The van der Waals surface area contributed by atoms with Gasteiger partial charge in [-0.1, -0.05) is 18.2 Å². The van der Waals surface area contributed by atoms with E-state index in [1.54, 1.807) is 6.07 Å². The Hall–Kier alpha value is -3.69. The number of carbonyl (C=O) groups is 1. The molecule has 0 aliphatic carbocycles. The molecular weight excluding hydrogens is 417 g/mol. The Morgan fingerprint density at radius 2 is 1.88 bits per heavy atom. The molecule has 33 heavy (non-hydrogen) atoms. The summed E-state index contributed by atoms with van der Waals surface area (Å²) in [4.78, 5) is 17.4. The Morgan fingerprint density at radius 1 is 1.12 bits per heavy atom. The van der Waals surface area contributed by atoms with Crippen LogP contribution >= 0.6 is 0 Å². The molecular formula is C27H24FN3O2. The first-order valence-electron chi connectivity index (χ1n) is 11.1. The van der Waals surface area contributed by atoms with Gasteiger partial charge in [0.15, 0.2) is 0 Å². The fourth-order valence-electron chi connectivity index (χ4n) is 5.39. The molecule has 1 amide bonds. The zero-order valence-electron chi connectivity index (χ0n) is 18.3. The Morgan fingerprint density at radius 3 is 2.61 bits per heavy atom. The Kier molecular flexibility index (Phi) is 5.35. The van der Waals surface area contributed by atoms with Crippen LogP contribution in [-0.2, 0) is 0 Å². The highest BCUT2D eigenvalue weighted by atomic mass is 19.1. The molecule has 2 heterocycles. The Balaban J connectivity index is 1.60. The Bertz CT molecular complexity index is 1250. The lowest BCUT2D eigenvalue weighted by Crippen LogP contribution is -2.48. The van der Waals surface area contributed by atoms with Crippen LogP contribution in [0.15, 0.2) is 66.7 Å². The number of likely N-dealkylation sites (tertiary alicyclic amines) is 1. The van der Waals surface area contributed by atoms with Crippen LogP contribution in [0.25, 0.3) is 11.1 Å². The number of hydrogen-bond acceptors (Lipinski definition) is 4. The summed E-state index contributed by atoms with van der Waals surface area (Å²) in [5, 5.41) is 19.5. The fraction of sp³-hybridized carbons (Fsp3) is 0.259. The van der Waals surface area contributed by atoms with E-state index in [1.165, 1.54) is 24.3 Å². The number of nitrogens with zero attached hydrogens (tertiary/aromatic N) is 3. The number of fused-ring (bicyclic) bond motifs is 3. The summed E-state index contributed by atoms with van der Waals surface area (Å²) in [6.45, 7) is 0.575. The second-order valence-corrected chi connectivity index (χ2v) is 8.73. The largest absolute Gasteiger partial charge is 0.394 e. The van der Waals surface area contributed by atoms with Crippen molar-refractivity contribution in [3.63, 3.8) is 0 Å². The summed E-state index contributed by atoms with van der Waals surface area (Å²) >= 11 is 0. The zero-order chi connectivity index (χ0) is 23.1. The summed E-state index contributed by atoms with van der Waals surface area (Å²) in [6, 6.07) is 21.2. The summed E-state index contributed by atoms with van der Waals surface area (Å²) in [5.41, 5.74) is 4.97. The first-order chi connectivity index (χ1) is 16.0. The van der Waals surface area contributed by atoms with Crippen LogP contribution in [0.4, 0.5) is 10.1 Å². The summed E-state index contributed by atoms with van der Waals surface area (Å²) < 4.78 is 13.4. The Labute approximate surface area is 192 Å². The molecule has 5 rings (SSSR count).